The van der Waals surface area contributed by atoms with Crippen LogP contribution in [0.3, 0.4) is 0 Å². The average Bonchev–Trinajstić information content (AvgIpc) is 3.38. The van der Waals surface area contributed by atoms with Crippen LogP contribution in [-0.4, -0.2) is 36.2 Å². The number of allylic oxidation sites excluding steroid dienone is 1. The molecule has 0 saturated heterocycles. The summed E-state index contributed by atoms with van der Waals surface area (Å²) in [6, 6.07) is 14.0. The number of carbonyl (C=O) groups is 2. The number of carbonyl (C=O) groups excluding carboxylic acids is 2. The van der Waals surface area contributed by atoms with Gasteiger partial charge in [-0.1, -0.05) is 55.0 Å². The third-order valence-corrected chi connectivity index (χ3v) is 7.93. The molecule has 1 atom stereocenters. The summed E-state index contributed by atoms with van der Waals surface area (Å²) >= 11 is 1.18. The molecule has 9 heteroatoms. The van der Waals surface area contributed by atoms with E-state index < -0.39 is 12.0 Å². The Morgan fingerprint density at radius 3 is 2.49 bits per heavy atom. The van der Waals surface area contributed by atoms with Gasteiger partial charge in [0.1, 0.15) is 10.3 Å². The number of methoxy groups -OCH3 is 1. The number of hydrogen-bond acceptors (Lipinski definition) is 7. The van der Waals surface area contributed by atoms with Gasteiger partial charge in [0, 0.05) is 12.1 Å². The number of hydrogen-bond donors (Lipinski definition) is 0. The van der Waals surface area contributed by atoms with E-state index in [1.165, 1.54) is 15.9 Å². The second-order valence-electron chi connectivity index (χ2n) is 9.83. The Morgan fingerprint density at radius 2 is 1.82 bits per heavy atom. The molecule has 0 aliphatic carbocycles. The van der Waals surface area contributed by atoms with E-state index >= 15 is 0 Å². The number of fused-ring (bicyclic) bond motifs is 2. The number of unbranched alkanes of at least 4 members (excludes halogenated alkanes) is 1. The molecule has 0 radical (unpaired) electrons. The summed E-state index contributed by atoms with van der Waals surface area (Å²) in [5.41, 5.74) is 3.04. The minimum absolute atomic E-state index is 0.189. The Labute approximate surface area is 230 Å². The first-order chi connectivity index (χ1) is 18.8. The predicted octanol–water partition coefficient (Wildman–Crippen LogP) is 3.71. The third kappa shape index (κ3) is 4.61. The largest absolute Gasteiger partial charge is 0.497 e. The molecule has 0 bridgehead atoms. The molecule has 3 heterocycles. The summed E-state index contributed by atoms with van der Waals surface area (Å²) in [5, 5.41) is 0. The zero-order valence-corrected chi connectivity index (χ0v) is 23.5. The lowest BCUT2D eigenvalue weighted by molar-refractivity contribution is -0.143. The predicted molar refractivity (Wildman–Crippen MR) is 151 cm³/mol. The molecule has 0 spiro atoms. The minimum atomic E-state index is -0.768. The molecule has 1 amide bonds. The second kappa shape index (κ2) is 10.6. The molecule has 0 N–H and O–H groups in total. The van der Waals surface area contributed by atoms with Crippen LogP contribution in [0.5, 0.6) is 5.75 Å². The number of para-hydroxylation sites is 1. The van der Waals surface area contributed by atoms with Crippen molar-refractivity contribution in [3.8, 4) is 5.75 Å². The Bertz CT molecular complexity index is 1660. The first-order valence-corrected chi connectivity index (χ1v) is 13.9. The van der Waals surface area contributed by atoms with Gasteiger partial charge in [0.05, 0.1) is 41.8 Å². The van der Waals surface area contributed by atoms with Crippen molar-refractivity contribution in [1.29, 1.82) is 0 Å². The van der Waals surface area contributed by atoms with Crippen LogP contribution in [0, 0.1) is 0 Å². The third-order valence-electron chi connectivity index (χ3n) is 6.88. The van der Waals surface area contributed by atoms with Crippen molar-refractivity contribution in [2.75, 3.05) is 18.6 Å². The highest BCUT2D eigenvalue weighted by atomic mass is 32.1. The normalized spacial score (nSPS) is 17.7. The summed E-state index contributed by atoms with van der Waals surface area (Å²) in [7, 11) is 1.58. The Balaban J connectivity index is 1.76. The first kappa shape index (κ1) is 26.6. The summed E-state index contributed by atoms with van der Waals surface area (Å²) in [4.78, 5) is 48.1. The van der Waals surface area contributed by atoms with E-state index in [0.717, 1.165) is 24.1 Å². The summed E-state index contributed by atoms with van der Waals surface area (Å²) in [6.07, 6.45) is 1.45. The van der Waals surface area contributed by atoms with Crippen LogP contribution < -0.4 is 24.5 Å². The molecule has 2 aromatic carbocycles. The van der Waals surface area contributed by atoms with Crippen molar-refractivity contribution in [2.24, 2.45) is 4.99 Å². The molecule has 202 valence electrons. The molecule has 3 aromatic rings. The van der Waals surface area contributed by atoms with E-state index in [1.54, 1.807) is 44.9 Å². The van der Waals surface area contributed by atoms with Crippen LogP contribution in [0.2, 0.25) is 0 Å². The number of amides is 1. The van der Waals surface area contributed by atoms with Crippen molar-refractivity contribution in [3.63, 3.8) is 0 Å². The molecule has 0 unspecified atom stereocenters. The number of thiazole rings is 1. The van der Waals surface area contributed by atoms with Gasteiger partial charge in [-0.2, -0.15) is 0 Å². The lowest BCUT2D eigenvalue weighted by Gasteiger charge is -2.25. The van der Waals surface area contributed by atoms with E-state index in [9.17, 15) is 14.4 Å². The smallest absolute Gasteiger partial charge is 0.338 e. The molecule has 1 aromatic heterocycles. The number of anilines is 1. The van der Waals surface area contributed by atoms with E-state index in [0.29, 0.717) is 44.0 Å². The maximum Gasteiger partial charge on any atom is 0.338 e. The van der Waals surface area contributed by atoms with E-state index in [-0.39, 0.29) is 17.6 Å². The maximum atomic E-state index is 14.2. The highest BCUT2D eigenvalue weighted by Gasteiger charge is 2.37. The highest BCUT2D eigenvalue weighted by molar-refractivity contribution is 7.07. The van der Waals surface area contributed by atoms with Crippen molar-refractivity contribution < 1.29 is 19.1 Å². The molecule has 39 heavy (non-hydrogen) atoms. The van der Waals surface area contributed by atoms with Gasteiger partial charge in [0.2, 0.25) is 0 Å². The SMILES string of the molecule is CCCCN1C(=O)/C(=c2/sc3n(c2=O)[C@@H](c2ccc(OC)cc2)C(C(=O)OC(C)C)=C(C)N=3)c2ccccc21. The molecular weight excluding hydrogens is 514 g/mol. The van der Waals surface area contributed by atoms with Gasteiger partial charge in [-0.25, -0.2) is 9.79 Å². The fourth-order valence-electron chi connectivity index (χ4n) is 5.05. The fourth-order valence-corrected chi connectivity index (χ4v) is 6.19. The molecular formula is C30H31N3O5S. The summed E-state index contributed by atoms with van der Waals surface area (Å²) < 4.78 is 12.7. The van der Waals surface area contributed by atoms with Crippen LogP contribution in [0.1, 0.15) is 57.7 Å². The highest BCUT2D eigenvalue weighted by Crippen LogP contribution is 2.36. The van der Waals surface area contributed by atoms with Gasteiger partial charge in [-0.3, -0.25) is 14.2 Å². The zero-order chi connectivity index (χ0) is 27.8. The quantitative estimate of drug-likeness (QED) is 0.422. The van der Waals surface area contributed by atoms with Crippen LogP contribution in [0.4, 0.5) is 5.69 Å². The number of rotatable bonds is 7. The first-order valence-electron chi connectivity index (χ1n) is 13.1. The van der Waals surface area contributed by atoms with Crippen molar-refractivity contribution in [2.45, 2.75) is 52.7 Å². The molecule has 0 fully saturated rings. The minimum Gasteiger partial charge on any atom is -0.497 e. The summed E-state index contributed by atoms with van der Waals surface area (Å²) in [5.74, 6) is -0.0650. The number of aromatic nitrogens is 1. The number of esters is 1. The lowest BCUT2D eigenvalue weighted by atomic mass is 9.95. The number of ether oxygens (including phenoxy) is 2. The van der Waals surface area contributed by atoms with E-state index in [2.05, 4.69) is 11.9 Å². The molecule has 8 nitrogen and oxygen atoms in total. The van der Waals surface area contributed by atoms with Crippen molar-refractivity contribution >= 4 is 34.5 Å². The molecule has 2 aliphatic rings. The van der Waals surface area contributed by atoms with E-state index in [1.807, 2.05) is 36.4 Å². The Kier molecular flexibility index (Phi) is 7.27. The van der Waals surface area contributed by atoms with Crippen molar-refractivity contribution in [3.05, 3.63) is 90.6 Å². The summed E-state index contributed by atoms with van der Waals surface area (Å²) in [6.45, 7) is 7.96. The molecule has 2 aliphatic heterocycles. The number of benzene rings is 2. The maximum absolute atomic E-state index is 14.2. The van der Waals surface area contributed by atoms with Gasteiger partial charge in [0.15, 0.2) is 4.80 Å². The van der Waals surface area contributed by atoms with Crippen LogP contribution >= 0.6 is 11.3 Å². The van der Waals surface area contributed by atoms with Gasteiger partial charge >= 0.3 is 5.97 Å². The zero-order valence-electron chi connectivity index (χ0n) is 22.7. The lowest BCUT2D eigenvalue weighted by Crippen LogP contribution is -2.41. The average molecular weight is 546 g/mol. The fraction of sp³-hybridized carbons (Fsp3) is 0.333. The monoisotopic (exact) mass is 545 g/mol. The Morgan fingerprint density at radius 1 is 1.10 bits per heavy atom. The number of nitrogens with zero attached hydrogens (tertiary/aromatic N) is 3. The van der Waals surface area contributed by atoms with Gasteiger partial charge in [0.25, 0.3) is 11.5 Å². The molecule has 5 rings (SSSR count). The standard InChI is InChI=1S/C30H31N3O5S/c1-6-7-16-32-22-11-9-8-10-21(22)24(27(32)34)26-28(35)33-25(19-12-14-20(37-5)15-13-19)23(29(36)38-17(2)3)18(4)31-30(33)39-26/h8-15,17,25H,6-7,16H2,1-5H3/b26-24+/t25-/m0/s1. The topological polar surface area (TPSA) is 90.2 Å². The van der Waals surface area contributed by atoms with Gasteiger partial charge in [-0.05, 0) is 51.0 Å². The Hall–Kier alpha value is -3.98. The van der Waals surface area contributed by atoms with Crippen LogP contribution in [-0.2, 0) is 14.3 Å². The van der Waals surface area contributed by atoms with Crippen molar-refractivity contribution in [1.82, 2.24) is 4.57 Å². The van der Waals surface area contributed by atoms with Gasteiger partial charge < -0.3 is 14.4 Å². The van der Waals surface area contributed by atoms with Crippen LogP contribution in [0.15, 0.2) is 69.6 Å². The van der Waals surface area contributed by atoms with Gasteiger partial charge in [-0.15, -0.1) is 0 Å². The second-order valence-corrected chi connectivity index (χ2v) is 10.8. The van der Waals surface area contributed by atoms with Crippen LogP contribution in [0.25, 0.3) is 5.57 Å². The molecule has 0 saturated carbocycles. The van der Waals surface area contributed by atoms with E-state index in [4.69, 9.17) is 9.47 Å².